The van der Waals surface area contributed by atoms with Crippen LogP contribution in [0.15, 0.2) is 59.5 Å². The van der Waals surface area contributed by atoms with E-state index < -0.39 is 0 Å². The molecule has 2 aromatic heterocycles. The van der Waals surface area contributed by atoms with Gasteiger partial charge < -0.3 is 15.3 Å². The average Bonchev–Trinajstić information content (AvgIpc) is 3.06. The van der Waals surface area contributed by atoms with Gasteiger partial charge in [0.05, 0.1) is 6.42 Å². The Hall–Kier alpha value is -3.34. The summed E-state index contributed by atoms with van der Waals surface area (Å²) in [5.74, 6) is 0.0146. The Kier molecular flexibility index (Phi) is 4.50. The normalized spacial score (nSPS) is 11.1. The first kappa shape index (κ1) is 17.1. The van der Waals surface area contributed by atoms with Crippen molar-refractivity contribution in [3.05, 3.63) is 81.8 Å². The van der Waals surface area contributed by atoms with Crippen molar-refractivity contribution in [2.24, 2.45) is 0 Å². The summed E-state index contributed by atoms with van der Waals surface area (Å²) in [4.78, 5) is 30.0. The molecule has 0 radical (unpaired) electrons. The lowest BCUT2D eigenvalue weighted by Gasteiger charge is -2.07. The lowest BCUT2D eigenvalue weighted by molar-refractivity contribution is -0.120. The number of nitrogens with one attached hydrogen (secondary N) is 3. The van der Waals surface area contributed by atoms with Gasteiger partial charge in [-0.05, 0) is 54.1 Å². The maximum absolute atomic E-state index is 12.3. The second kappa shape index (κ2) is 7.11. The summed E-state index contributed by atoms with van der Waals surface area (Å²) in [5, 5.41) is 5.09. The van der Waals surface area contributed by atoms with E-state index in [0.29, 0.717) is 18.5 Å². The fraction of sp³-hybridized carbons (Fsp3) is 0.182. The molecule has 0 spiro atoms. The van der Waals surface area contributed by atoms with Crippen molar-refractivity contribution in [3.8, 4) is 0 Å². The third kappa shape index (κ3) is 3.62. The van der Waals surface area contributed by atoms with E-state index in [0.717, 1.165) is 39.4 Å². The molecule has 27 heavy (non-hydrogen) atoms. The smallest absolute Gasteiger partial charge is 0.251 e. The number of aromatic nitrogens is 2. The van der Waals surface area contributed by atoms with Gasteiger partial charge in [-0.2, -0.15) is 0 Å². The quantitative estimate of drug-likeness (QED) is 0.512. The summed E-state index contributed by atoms with van der Waals surface area (Å²) in [5.41, 5.74) is 4.66. The van der Waals surface area contributed by atoms with Crippen LogP contribution in [0, 0.1) is 6.92 Å². The average molecular weight is 359 g/mol. The van der Waals surface area contributed by atoms with Gasteiger partial charge in [0, 0.05) is 34.7 Å². The summed E-state index contributed by atoms with van der Waals surface area (Å²) in [6, 6.07) is 15.8. The lowest BCUT2D eigenvalue weighted by Crippen LogP contribution is -2.27. The molecule has 5 heteroatoms. The van der Waals surface area contributed by atoms with Crippen molar-refractivity contribution < 1.29 is 4.79 Å². The molecule has 5 nitrogen and oxygen atoms in total. The molecule has 0 aliphatic carbocycles. The molecule has 2 aromatic carbocycles. The van der Waals surface area contributed by atoms with Crippen LogP contribution in [0.5, 0.6) is 0 Å². The molecule has 1 amide bonds. The standard InChI is InChI=1S/C22H21N3O2/c1-14-10-16-11-15(6-7-19(16)25-22(14)27)8-9-23-21(26)12-17-13-24-20-5-3-2-4-18(17)20/h2-7,10-11,13,24H,8-9,12H2,1H3,(H,23,26)(H,25,27). The molecule has 136 valence electrons. The zero-order valence-corrected chi connectivity index (χ0v) is 15.1. The van der Waals surface area contributed by atoms with Gasteiger partial charge in [-0.25, -0.2) is 0 Å². The maximum Gasteiger partial charge on any atom is 0.251 e. The molecule has 4 aromatic rings. The molecule has 0 unspecified atom stereocenters. The van der Waals surface area contributed by atoms with E-state index in [1.807, 2.05) is 48.7 Å². The molecule has 0 fully saturated rings. The van der Waals surface area contributed by atoms with Crippen LogP contribution < -0.4 is 10.9 Å². The molecule has 3 N–H and O–H groups in total. The fourth-order valence-corrected chi connectivity index (χ4v) is 3.38. The number of hydrogen-bond acceptors (Lipinski definition) is 2. The number of rotatable bonds is 5. The highest BCUT2D eigenvalue weighted by Crippen LogP contribution is 2.18. The second-order valence-electron chi connectivity index (χ2n) is 6.84. The number of fused-ring (bicyclic) bond motifs is 2. The van der Waals surface area contributed by atoms with Gasteiger partial charge in [0.15, 0.2) is 0 Å². The SMILES string of the molecule is Cc1cc2cc(CCNC(=O)Cc3c[nH]c4ccccc34)ccc2[nH]c1=O. The molecule has 0 saturated carbocycles. The van der Waals surface area contributed by atoms with Crippen LogP contribution in [0.1, 0.15) is 16.7 Å². The third-order valence-corrected chi connectivity index (χ3v) is 4.86. The van der Waals surface area contributed by atoms with Crippen LogP contribution in [0.25, 0.3) is 21.8 Å². The monoisotopic (exact) mass is 359 g/mol. The lowest BCUT2D eigenvalue weighted by atomic mass is 10.1. The van der Waals surface area contributed by atoms with Gasteiger partial charge >= 0.3 is 0 Å². The van der Waals surface area contributed by atoms with Crippen LogP contribution in [-0.4, -0.2) is 22.4 Å². The third-order valence-electron chi connectivity index (χ3n) is 4.86. The Morgan fingerprint density at radius 2 is 1.93 bits per heavy atom. The molecule has 0 atom stereocenters. The molecule has 2 heterocycles. The van der Waals surface area contributed by atoms with Crippen LogP contribution in [-0.2, 0) is 17.6 Å². The Balaban J connectivity index is 1.38. The van der Waals surface area contributed by atoms with Gasteiger partial charge in [-0.1, -0.05) is 24.3 Å². The number of hydrogen-bond donors (Lipinski definition) is 3. The molecular weight excluding hydrogens is 338 g/mol. The van der Waals surface area contributed by atoms with E-state index in [-0.39, 0.29) is 11.5 Å². The van der Waals surface area contributed by atoms with E-state index in [1.54, 1.807) is 6.92 Å². The van der Waals surface area contributed by atoms with Crippen molar-refractivity contribution in [2.75, 3.05) is 6.54 Å². The largest absolute Gasteiger partial charge is 0.361 e. The van der Waals surface area contributed by atoms with Crippen LogP contribution in [0.2, 0.25) is 0 Å². The first-order valence-electron chi connectivity index (χ1n) is 9.04. The number of carbonyl (C=O) groups excluding carboxylic acids is 1. The second-order valence-corrected chi connectivity index (χ2v) is 6.84. The van der Waals surface area contributed by atoms with Crippen molar-refractivity contribution in [1.29, 1.82) is 0 Å². The number of pyridine rings is 1. The number of aromatic amines is 2. The number of benzene rings is 2. The van der Waals surface area contributed by atoms with Crippen LogP contribution in [0.3, 0.4) is 0 Å². The van der Waals surface area contributed by atoms with E-state index in [4.69, 9.17) is 0 Å². The van der Waals surface area contributed by atoms with E-state index in [2.05, 4.69) is 21.4 Å². The summed E-state index contributed by atoms with van der Waals surface area (Å²) < 4.78 is 0. The summed E-state index contributed by atoms with van der Waals surface area (Å²) in [6.07, 6.45) is 3.01. The van der Waals surface area contributed by atoms with Crippen molar-refractivity contribution in [3.63, 3.8) is 0 Å². The first-order valence-corrected chi connectivity index (χ1v) is 9.04. The number of para-hydroxylation sites is 1. The zero-order chi connectivity index (χ0) is 18.8. The van der Waals surface area contributed by atoms with Gasteiger partial charge in [0.25, 0.3) is 5.56 Å². The number of amides is 1. The number of carbonyl (C=O) groups is 1. The van der Waals surface area contributed by atoms with E-state index >= 15 is 0 Å². The van der Waals surface area contributed by atoms with Crippen molar-refractivity contribution in [2.45, 2.75) is 19.8 Å². The minimum absolute atomic E-state index is 0.0146. The van der Waals surface area contributed by atoms with Gasteiger partial charge in [-0.15, -0.1) is 0 Å². The fourth-order valence-electron chi connectivity index (χ4n) is 3.38. The highest BCUT2D eigenvalue weighted by Gasteiger charge is 2.08. The molecule has 0 aliphatic rings. The highest BCUT2D eigenvalue weighted by molar-refractivity contribution is 5.88. The Labute approximate surface area is 156 Å². The minimum atomic E-state index is -0.0557. The number of H-pyrrole nitrogens is 2. The van der Waals surface area contributed by atoms with Gasteiger partial charge in [-0.3, -0.25) is 9.59 Å². The topological polar surface area (TPSA) is 77.8 Å². The minimum Gasteiger partial charge on any atom is -0.361 e. The Bertz CT molecular complexity index is 1190. The summed E-state index contributed by atoms with van der Waals surface area (Å²) in [6.45, 7) is 2.38. The molecular formula is C22H21N3O2. The van der Waals surface area contributed by atoms with Crippen molar-refractivity contribution >= 4 is 27.7 Å². The number of aryl methyl sites for hydroxylation is 1. The molecule has 4 rings (SSSR count). The summed E-state index contributed by atoms with van der Waals surface area (Å²) >= 11 is 0. The Morgan fingerprint density at radius 3 is 2.81 bits per heavy atom. The Morgan fingerprint density at radius 1 is 1.07 bits per heavy atom. The zero-order valence-electron chi connectivity index (χ0n) is 15.1. The molecule has 0 aliphatic heterocycles. The molecule has 0 saturated heterocycles. The first-order chi connectivity index (χ1) is 13.1. The van der Waals surface area contributed by atoms with Crippen LogP contribution >= 0.6 is 0 Å². The van der Waals surface area contributed by atoms with Crippen molar-refractivity contribution in [1.82, 2.24) is 15.3 Å². The summed E-state index contributed by atoms with van der Waals surface area (Å²) in [7, 11) is 0. The van der Waals surface area contributed by atoms with Gasteiger partial charge in [0.1, 0.15) is 0 Å². The predicted octanol–water partition coefficient (Wildman–Crippen LogP) is 3.22. The van der Waals surface area contributed by atoms with E-state index in [1.165, 1.54) is 0 Å². The van der Waals surface area contributed by atoms with Crippen LogP contribution in [0.4, 0.5) is 0 Å². The van der Waals surface area contributed by atoms with Gasteiger partial charge in [0.2, 0.25) is 5.91 Å². The maximum atomic E-state index is 12.3. The van der Waals surface area contributed by atoms with E-state index in [9.17, 15) is 9.59 Å². The highest BCUT2D eigenvalue weighted by atomic mass is 16.1. The molecule has 0 bridgehead atoms. The predicted molar refractivity (Wildman–Crippen MR) is 108 cm³/mol.